The lowest BCUT2D eigenvalue weighted by atomic mass is 9.43. The molecule has 7 fully saturated rings. The van der Waals surface area contributed by atoms with Crippen LogP contribution in [0.15, 0.2) is 109 Å². The van der Waals surface area contributed by atoms with Crippen LogP contribution in [0.3, 0.4) is 0 Å². The average molecular weight is 697 g/mol. The third-order valence-corrected chi connectivity index (χ3v) is 18.2. The van der Waals surface area contributed by atoms with Crippen molar-refractivity contribution in [2.75, 3.05) is 0 Å². The van der Waals surface area contributed by atoms with Crippen LogP contribution in [0.1, 0.15) is 101 Å². The summed E-state index contributed by atoms with van der Waals surface area (Å²) >= 11 is 0. The summed E-state index contributed by atoms with van der Waals surface area (Å²) in [7, 11) is 0. The first-order chi connectivity index (χ1) is 26.2. The number of allylic oxidation sites excluding steroid dienone is 6. The van der Waals surface area contributed by atoms with Crippen LogP contribution in [0, 0.1) is 101 Å². The summed E-state index contributed by atoms with van der Waals surface area (Å²) in [4.78, 5) is 0. The van der Waals surface area contributed by atoms with Crippen LogP contribution >= 0.6 is 0 Å². The minimum absolute atomic E-state index is 0.640. The van der Waals surface area contributed by atoms with Crippen molar-refractivity contribution in [2.45, 2.75) is 89.4 Å². The molecule has 3 aromatic carbocycles. The van der Waals surface area contributed by atoms with E-state index in [4.69, 9.17) is 6.42 Å². The first kappa shape index (κ1) is 33.1. The van der Waals surface area contributed by atoms with Gasteiger partial charge in [-0.25, -0.2) is 0 Å². The minimum atomic E-state index is 0.640. The smallest absolute Gasteiger partial charge is 0.00939 e. The molecule has 0 heterocycles. The summed E-state index contributed by atoms with van der Waals surface area (Å²) in [5.74, 6) is 16.9. The minimum Gasteiger partial charge on any atom is -0.115 e. The molecule has 0 aliphatic heterocycles. The number of rotatable bonds is 4. The van der Waals surface area contributed by atoms with Gasteiger partial charge in [0.05, 0.1) is 0 Å². The van der Waals surface area contributed by atoms with Crippen LogP contribution in [0.5, 0.6) is 0 Å². The van der Waals surface area contributed by atoms with Crippen LogP contribution in [-0.2, 0) is 0 Å². The fraction of sp³-hybridized carbons (Fsp3) is 0.547. The fourth-order valence-corrected chi connectivity index (χ4v) is 17.2. The Bertz CT molecular complexity index is 1970. The first-order valence-corrected chi connectivity index (χ1v) is 22.2. The van der Waals surface area contributed by atoms with E-state index < -0.39 is 0 Å². The second-order valence-electron chi connectivity index (χ2n) is 19.4. The molecule has 8 aliphatic carbocycles. The largest absolute Gasteiger partial charge is 0.115 e. The summed E-state index contributed by atoms with van der Waals surface area (Å²) in [6.07, 6.45) is 34.1. The molecular weight excluding hydrogens is 637 g/mol. The highest BCUT2D eigenvalue weighted by Gasteiger charge is 2.69. The first-order valence-electron chi connectivity index (χ1n) is 22.2. The van der Waals surface area contributed by atoms with Crippen LogP contribution < -0.4 is 0 Å². The van der Waals surface area contributed by atoms with E-state index in [1.54, 1.807) is 16.7 Å². The molecule has 17 atom stereocenters. The molecule has 0 N–H and O–H groups in total. The lowest BCUT2D eigenvalue weighted by Gasteiger charge is -2.61. The van der Waals surface area contributed by atoms with Crippen LogP contribution in [0.2, 0.25) is 0 Å². The molecule has 53 heavy (non-hydrogen) atoms. The highest BCUT2D eigenvalue weighted by Crippen LogP contribution is 2.76. The van der Waals surface area contributed by atoms with Crippen LogP contribution in [0.4, 0.5) is 0 Å². The zero-order valence-electron chi connectivity index (χ0n) is 32.0. The van der Waals surface area contributed by atoms with Crippen LogP contribution in [0.25, 0.3) is 10.8 Å². The lowest BCUT2D eigenvalue weighted by molar-refractivity contribution is -0.0942. The quantitative estimate of drug-likeness (QED) is 0.145. The summed E-state index contributed by atoms with van der Waals surface area (Å²) in [5.41, 5.74) is 4.94. The maximum Gasteiger partial charge on any atom is -0.00939 e. The molecule has 0 spiro atoms. The van der Waals surface area contributed by atoms with E-state index in [9.17, 15) is 0 Å². The highest BCUT2D eigenvalue weighted by molar-refractivity contribution is 5.83. The number of hydrogen-bond acceptors (Lipinski definition) is 0. The maximum absolute atomic E-state index is 6.02. The Balaban J connectivity index is 1.07. The molecule has 17 unspecified atom stereocenters. The maximum atomic E-state index is 6.02. The standard InChI is InChI=1S/C53H60/c1-3-5-15-32(4-2)47-46-31-45-39-21-12-11-20-38(39)41-23-14-24-42(50(41)45)51(46)48(34-17-7-6-8-18-34)53-44-29-28-37(40-22-13-25-43(49(40)44)52(47)53)36-27-26-33-16-9-10-19-35(33)30-36/h1,4-10,12,15-19,21,26-27,30,37-53H,11,13-14,20,22-25,28-29,31H2,2H3/b15-5-,32-4+. The van der Waals surface area contributed by atoms with Crippen molar-refractivity contribution in [2.24, 2.45) is 88.8 Å². The van der Waals surface area contributed by atoms with E-state index >= 15 is 0 Å². The van der Waals surface area contributed by atoms with Crippen molar-refractivity contribution < 1.29 is 0 Å². The topological polar surface area (TPSA) is 0 Å². The second kappa shape index (κ2) is 13.2. The zero-order chi connectivity index (χ0) is 35.2. The Morgan fingerprint density at radius 3 is 2.19 bits per heavy atom. The molecule has 0 amide bonds. The van der Waals surface area contributed by atoms with Gasteiger partial charge in [0.1, 0.15) is 0 Å². The zero-order valence-corrected chi connectivity index (χ0v) is 32.0. The van der Waals surface area contributed by atoms with Crippen molar-refractivity contribution in [1.82, 2.24) is 0 Å². The molecular formula is C53H60. The van der Waals surface area contributed by atoms with Gasteiger partial charge in [-0.3, -0.25) is 0 Å². The second-order valence-corrected chi connectivity index (χ2v) is 19.4. The molecule has 11 rings (SSSR count). The average Bonchev–Trinajstić information content (AvgIpc) is 3.72. The van der Waals surface area contributed by atoms with Gasteiger partial charge in [0.2, 0.25) is 0 Å². The van der Waals surface area contributed by atoms with E-state index in [1.165, 1.54) is 81.4 Å². The van der Waals surface area contributed by atoms with Gasteiger partial charge in [-0.1, -0.05) is 116 Å². The molecule has 0 saturated heterocycles. The van der Waals surface area contributed by atoms with Gasteiger partial charge in [-0.2, -0.15) is 0 Å². The molecule has 0 bridgehead atoms. The van der Waals surface area contributed by atoms with Gasteiger partial charge in [0, 0.05) is 0 Å². The summed E-state index contributed by atoms with van der Waals surface area (Å²) in [6.45, 7) is 2.35. The number of terminal acetylenes is 1. The Kier molecular flexibility index (Phi) is 8.22. The van der Waals surface area contributed by atoms with Crippen molar-refractivity contribution in [3.8, 4) is 12.3 Å². The van der Waals surface area contributed by atoms with E-state index in [0.29, 0.717) is 17.8 Å². The van der Waals surface area contributed by atoms with E-state index in [-0.39, 0.29) is 0 Å². The number of benzene rings is 3. The summed E-state index contributed by atoms with van der Waals surface area (Å²) in [5, 5.41) is 2.82. The molecule has 272 valence electrons. The Labute approximate surface area is 320 Å². The molecule has 0 nitrogen and oxygen atoms in total. The van der Waals surface area contributed by atoms with Crippen molar-refractivity contribution in [3.63, 3.8) is 0 Å². The molecule has 0 radical (unpaired) electrons. The molecule has 0 aromatic heterocycles. The Morgan fingerprint density at radius 2 is 1.36 bits per heavy atom. The number of hydrogen-bond donors (Lipinski definition) is 0. The SMILES string of the molecule is C#C/C=C\C(=C/C)C1C2CC3C4C=CCCC4C4CCCC(C34)C2C(c2ccccc2)C2C3CCC(c4ccc5ccccc5c4)C4CCCC(C43)C12. The van der Waals surface area contributed by atoms with Gasteiger partial charge >= 0.3 is 0 Å². The van der Waals surface area contributed by atoms with Gasteiger partial charge in [0.25, 0.3) is 0 Å². The van der Waals surface area contributed by atoms with Gasteiger partial charge in [-0.05, 0) is 199 Å². The lowest BCUT2D eigenvalue weighted by Crippen LogP contribution is -2.55. The normalized spacial score (nSPS) is 45.1. The molecule has 7 saturated carbocycles. The molecule has 8 aliphatic rings. The monoisotopic (exact) mass is 696 g/mol. The van der Waals surface area contributed by atoms with Gasteiger partial charge in [0.15, 0.2) is 0 Å². The van der Waals surface area contributed by atoms with Crippen LogP contribution in [-0.4, -0.2) is 0 Å². The van der Waals surface area contributed by atoms with E-state index in [0.717, 1.165) is 82.9 Å². The third-order valence-electron chi connectivity index (χ3n) is 18.2. The summed E-state index contributed by atoms with van der Waals surface area (Å²) < 4.78 is 0. The van der Waals surface area contributed by atoms with Gasteiger partial charge < -0.3 is 0 Å². The summed E-state index contributed by atoms with van der Waals surface area (Å²) in [6, 6.07) is 28.8. The highest BCUT2D eigenvalue weighted by atomic mass is 14.7. The van der Waals surface area contributed by atoms with E-state index in [2.05, 4.69) is 116 Å². The Morgan fingerprint density at radius 1 is 0.623 bits per heavy atom. The molecule has 3 aromatic rings. The third kappa shape index (κ3) is 4.94. The molecule has 0 heteroatoms. The Hall–Kier alpha value is -3.30. The van der Waals surface area contributed by atoms with Gasteiger partial charge in [-0.15, -0.1) is 6.42 Å². The van der Waals surface area contributed by atoms with Crippen molar-refractivity contribution >= 4 is 10.8 Å². The van der Waals surface area contributed by atoms with Crippen molar-refractivity contribution in [1.29, 1.82) is 0 Å². The van der Waals surface area contributed by atoms with E-state index in [1.807, 2.05) is 0 Å². The predicted octanol–water partition coefficient (Wildman–Crippen LogP) is 13.0. The fourth-order valence-electron chi connectivity index (χ4n) is 17.2. The predicted molar refractivity (Wildman–Crippen MR) is 220 cm³/mol. The number of fused-ring (bicyclic) bond motifs is 9. The van der Waals surface area contributed by atoms with Crippen molar-refractivity contribution in [3.05, 3.63) is 120 Å².